The van der Waals surface area contributed by atoms with Gasteiger partial charge in [-0.15, -0.1) is 0 Å². The lowest BCUT2D eigenvalue weighted by atomic mass is 9.73. The number of pyridine rings is 1. The van der Waals surface area contributed by atoms with E-state index in [2.05, 4.69) is 29.5 Å². The molecule has 2 N–H and O–H groups in total. The molecule has 3 amide bonds. The zero-order valence-electron chi connectivity index (χ0n) is 18.2. The van der Waals surface area contributed by atoms with Gasteiger partial charge in [0, 0.05) is 29.9 Å². The quantitative estimate of drug-likeness (QED) is 0.716. The Balaban J connectivity index is 1.67. The van der Waals surface area contributed by atoms with E-state index in [0.29, 0.717) is 18.0 Å². The fourth-order valence-electron chi connectivity index (χ4n) is 3.82. The highest BCUT2D eigenvalue weighted by molar-refractivity contribution is 6.06. The van der Waals surface area contributed by atoms with E-state index in [1.54, 1.807) is 19.1 Å². The third kappa shape index (κ3) is 4.42. The molecule has 1 aliphatic heterocycles. The van der Waals surface area contributed by atoms with Crippen molar-refractivity contribution in [2.24, 2.45) is 5.41 Å². The number of rotatable bonds is 6. The predicted molar refractivity (Wildman–Crippen MR) is 115 cm³/mol. The highest BCUT2D eigenvalue weighted by Gasteiger charge is 2.46. The van der Waals surface area contributed by atoms with Crippen molar-refractivity contribution in [2.45, 2.75) is 59.4 Å². The zero-order valence-corrected chi connectivity index (χ0v) is 18.2. The molecule has 2 atom stereocenters. The number of carbonyl (C=O) groups is 3. The number of carbonyl (C=O) groups excluding carboxylic acids is 3. The van der Waals surface area contributed by atoms with E-state index < -0.39 is 5.41 Å². The van der Waals surface area contributed by atoms with Crippen LogP contribution in [0.25, 0.3) is 0 Å². The molecule has 1 unspecified atom stereocenters. The number of imide groups is 1. The van der Waals surface area contributed by atoms with Crippen LogP contribution in [0, 0.1) is 12.3 Å². The van der Waals surface area contributed by atoms with Crippen molar-refractivity contribution in [3.8, 4) is 0 Å². The number of hydrogen-bond acceptors (Lipinski definition) is 4. The monoisotopic (exact) mass is 407 g/mol. The van der Waals surface area contributed by atoms with Gasteiger partial charge < -0.3 is 5.32 Å². The second-order valence-electron chi connectivity index (χ2n) is 8.69. The number of nitrogens with one attached hydrogen (secondary N) is 2. The SMILES string of the molecule is Cc1cc(CNC(=O)c2ccc(C(C)[C@]3(C)CC(=O)NC3=O)cc2)cc(C(C)C)n1. The molecule has 2 heterocycles. The number of amides is 3. The Morgan fingerprint density at radius 2 is 1.83 bits per heavy atom. The average molecular weight is 408 g/mol. The van der Waals surface area contributed by atoms with Crippen LogP contribution in [-0.2, 0) is 16.1 Å². The minimum absolute atomic E-state index is 0.143. The molecule has 0 aliphatic carbocycles. The van der Waals surface area contributed by atoms with Crippen LogP contribution in [-0.4, -0.2) is 22.7 Å². The lowest BCUT2D eigenvalue weighted by Gasteiger charge is -2.28. The van der Waals surface area contributed by atoms with Crippen molar-refractivity contribution < 1.29 is 14.4 Å². The number of nitrogens with zero attached hydrogens (tertiary/aromatic N) is 1. The first-order chi connectivity index (χ1) is 14.1. The molecule has 30 heavy (non-hydrogen) atoms. The van der Waals surface area contributed by atoms with E-state index in [-0.39, 0.29) is 30.1 Å². The van der Waals surface area contributed by atoms with Crippen LogP contribution in [0.5, 0.6) is 0 Å². The molecule has 6 nitrogen and oxygen atoms in total. The Hall–Kier alpha value is -3.02. The Bertz CT molecular complexity index is 982. The fraction of sp³-hybridized carbons (Fsp3) is 0.417. The van der Waals surface area contributed by atoms with Gasteiger partial charge in [0.05, 0.1) is 5.41 Å². The summed E-state index contributed by atoms with van der Waals surface area (Å²) in [5.41, 5.74) is 3.68. The summed E-state index contributed by atoms with van der Waals surface area (Å²) in [4.78, 5) is 40.9. The van der Waals surface area contributed by atoms with Gasteiger partial charge in [0.2, 0.25) is 11.8 Å². The number of hydrogen-bond donors (Lipinski definition) is 2. The zero-order chi connectivity index (χ0) is 22.1. The van der Waals surface area contributed by atoms with Crippen LogP contribution >= 0.6 is 0 Å². The normalized spacial score (nSPS) is 19.7. The van der Waals surface area contributed by atoms with Gasteiger partial charge in [-0.1, -0.05) is 32.9 Å². The molecule has 1 aromatic heterocycles. The molecule has 0 radical (unpaired) electrons. The maximum atomic E-state index is 12.6. The molecule has 1 aromatic carbocycles. The maximum absolute atomic E-state index is 12.6. The van der Waals surface area contributed by atoms with Crippen molar-refractivity contribution in [3.63, 3.8) is 0 Å². The molecule has 0 bridgehead atoms. The average Bonchev–Trinajstić information content (AvgIpc) is 2.97. The van der Waals surface area contributed by atoms with Gasteiger partial charge in [-0.05, 0) is 61.1 Å². The van der Waals surface area contributed by atoms with Gasteiger partial charge >= 0.3 is 0 Å². The van der Waals surface area contributed by atoms with Crippen LogP contribution in [0.4, 0.5) is 0 Å². The summed E-state index contributed by atoms with van der Waals surface area (Å²) in [6.45, 7) is 10.3. The Labute approximate surface area is 177 Å². The number of benzene rings is 1. The van der Waals surface area contributed by atoms with Gasteiger partial charge in [0.25, 0.3) is 5.91 Å². The minimum atomic E-state index is -0.770. The Kier molecular flexibility index (Phi) is 6.06. The topological polar surface area (TPSA) is 88.2 Å². The van der Waals surface area contributed by atoms with Crippen LogP contribution in [0.1, 0.15) is 78.8 Å². The van der Waals surface area contributed by atoms with Crippen molar-refractivity contribution in [2.75, 3.05) is 0 Å². The molecule has 0 saturated carbocycles. The molecule has 1 aliphatic rings. The van der Waals surface area contributed by atoms with Crippen LogP contribution in [0.3, 0.4) is 0 Å². The van der Waals surface area contributed by atoms with Gasteiger partial charge in [-0.25, -0.2) is 0 Å². The third-order valence-corrected chi connectivity index (χ3v) is 6.01. The van der Waals surface area contributed by atoms with Crippen molar-refractivity contribution in [1.82, 2.24) is 15.6 Å². The summed E-state index contributed by atoms with van der Waals surface area (Å²) in [6.07, 6.45) is 0.180. The van der Waals surface area contributed by atoms with E-state index in [0.717, 1.165) is 22.5 Å². The number of aryl methyl sites for hydroxylation is 1. The minimum Gasteiger partial charge on any atom is -0.348 e. The van der Waals surface area contributed by atoms with Crippen molar-refractivity contribution in [3.05, 3.63) is 64.5 Å². The van der Waals surface area contributed by atoms with Crippen LogP contribution in [0.15, 0.2) is 36.4 Å². The molecule has 2 aromatic rings. The summed E-state index contributed by atoms with van der Waals surface area (Å²) in [6, 6.07) is 11.2. The summed E-state index contributed by atoms with van der Waals surface area (Å²) in [5.74, 6) is -0.453. The molecule has 6 heteroatoms. The van der Waals surface area contributed by atoms with E-state index in [4.69, 9.17) is 0 Å². The first-order valence-corrected chi connectivity index (χ1v) is 10.3. The molecule has 1 fully saturated rings. The highest BCUT2D eigenvalue weighted by atomic mass is 16.2. The van der Waals surface area contributed by atoms with E-state index >= 15 is 0 Å². The first kappa shape index (κ1) is 21.7. The molecular weight excluding hydrogens is 378 g/mol. The van der Waals surface area contributed by atoms with Crippen LogP contribution < -0.4 is 10.6 Å². The fourth-order valence-corrected chi connectivity index (χ4v) is 3.82. The third-order valence-electron chi connectivity index (χ3n) is 6.01. The molecule has 3 rings (SSSR count). The first-order valence-electron chi connectivity index (χ1n) is 10.3. The molecule has 0 spiro atoms. The lowest BCUT2D eigenvalue weighted by molar-refractivity contribution is -0.128. The predicted octanol–water partition coefficient (Wildman–Crippen LogP) is 3.60. The van der Waals surface area contributed by atoms with Crippen molar-refractivity contribution in [1.29, 1.82) is 0 Å². The van der Waals surface area contributed by atoms with Gasteiger partial charge in [-0.2, -0.15) is 0 Å². The maximum Gasteiger partial charge on any atom is 0.251 e. The van der Waals surface area contributed by atoms with Crippen LogP contribution in [0.2, 0.25) is 0 Å². The van der Waals surface area contributed by atoms with E-state index in [1.807, 2.05) is 38.1 Å². The highest BCUT2D eigenvalue weighted by Crippen LogP contribution is 2.41. The Morgan fingerprint density at radius 3 is 2.40 bits per heavy atom. The Morgan fingerprint density at radius 1 is 1.17 bits per heavy atom. The van der Waals surface area contributed by atoms with Gasteiger partial charge in [0.15, 0.2) is 0 Å². The lowest BCUT2D eigenvalue weighted by Crippen LogP contribution is -2.33. The standard InChI is InChI=1S/C24H29N3O3/c1-14(2)20-11-17(10-15(3)26-20)13-25-22(29)19-8-6-18(7-9-19)16(4)24(5)12-21(28)27-23(24)30/h6-11,14,16H,12-13H2,1-5H3,(H,25,29)(H,27,28,30)/t16?,24-/m0/s1. The number of aromatic nitrogens is 1. The summed E-state index contributed by atoms with van der Waals surface area (Å²) in [5, 5.41) is 5.35. The second kappa shape index (κ2) is 8.38. The summed E-state index contributed by atoms with van der Waals surface area (Å²) >= 11 is 0. The summed E-state index contributed by atoms with van der Waals surface area (Å²) in [7, 11) is 0. The van der Waals surface area contributed by atoms with Gasteiger partial charge in [0.1, 0.15) is 0 Å². The second-order valence-corrected chi connectivity index (χ2v) is 8.69. The van der Waals surface area contributed by atoms with E-state index in [1.165, 1.54) is 0 Å². The largest absolute Gasteiger partial charge is 0.348 e. The van der Waals surface area contributed by atoms with E-state index in [9.17, 15) is 14.4 Å². The molecule has 1 saturated heterocycles. The van der Waals surface area contributed by atoms with Crippen molar-refractivity contribution >= 4 is 17.7 Å². The molecule has 158 valence electrons. The summed E-state index contributed by atoms with van der Waals surface area (Å²) < 4.78 is 0. The molecular formula is C24H29N3O3. The van der Waals surface area contributed by atoms with Gasteiger partial charge in [-0.3, -0.25) is 24.7 Å². The smallest absolute Gasteiger partial charge is 0.251 e.